The molecule has 0 radical (unpaired) electrons. The van der Waals surface area contributed by atoms with Crippen LogP contribution in [-0.4, -0.2) is 4.98 Å². The Kier molecular flexibility index (Phi) is 2.89. The Morgan fingerprint density at radius 3 is 3.00 bits per heavy atom. The Labute approximate surface area is 76.0 Å². The highest BCUT2D eigenvalue weighted by atomic mass is 16.1. The number of H-pyrrole nitrogens is 1. The molecule has 0 fully saturated rings. The Bertz CT molecular complexity index is 454. The third-order valence-electron chi connectivity index (χ3n) is 1.52. The minimum atomic E-state index is -0.136. The third kappa shape index (κ3) is 2.50. The maximum Gasteiger partial charge on any atom is 0.248 e. The second-order valence-corrected chi connectivity index (χ2v) is 2.53. The third-order valence-corrected chi connectivity index (χ3v) is 1.52. The molecule has 0 aromatic carbocycles. The molecule has 0 amide bonds. The van der Waals surface area contributed by atoms with E-state index in [9.17, 15) is 4.79 Å². The van der Waals surface area contributed by atoms with Gasteiger partial charge in [-0.1, -0.05) is 11.8 Å². The second kappa shape index (κ2) is 4.13. The van der Waals surface area contributed by atoms with Crippen LogP contribution < -0.4 is 5.56 Å². The summed E-state index contributed by atoms with van der Waals surface area (Å²) in [4.78, 5) is 13.3. The van der Waals surface area contributed by atoms with Crippen molar-refractivity contribution < 1.29 is 0 Å². The van der Waals surface area contributed by atoms with Crippen molar-refractivity contribution in [2.45, 2.75) is 13.3 Å². The van der Waals surface area contributed by atoms with Gasteiger partial charge < -0.3 is 4.98 Å². The molecule has 0 bridgehead atoms. The summed E-state index contributed by atoms with van der Waals surface area (Å²) in [6, 6.07) is 3.41. The molecular formula is C10H8N2O. The van der Waals surface area contributed by atoms with Gasteiger partial charge in [0.25, 0.3) is 0 Å². The number of hydrogen-bond donors (Lipinski definition) is 1. The topological polar surface area (TPSA) is 56.6 Å². The predicted molar refractivity (Wildman–Crippen MR) is 48.9 cm³/mol. The fourth-order valence-corrected chi connectivity index (χ4v) is 0.887. The van der Waals surface area contributed by atoms with Crippen LogP contribution in [0.15, 0.2) is 17.1 Å². The van der Waals surface area contributed by atoms with Crippen molar-refractivity contribution in [3.05, 3.63) is 33.7 Å². The van der Waals surface area contributed by atoms with E-state index in [1.54, 1.807) is 6.20 Å². The van der Waals surface area contributed by atoms with E-state index in [0.29, 0.717) is 0 Å². The lowest BCUT2D eigenvalue weighted by molar-refractivity contribution is 1.19. The van der Waals surface area contributed by atoms with Gasteiger partial charge in [0.15, 0.2) is 0 Å². The molecule has 3 nitrogen and oxygen atoms in total. The fourth-order valence-electron chi connectivity index (χ4n) is 0.887. The molecule has 1 aromatic heterocycles. The van der Waals surface area contributed by atoms with Gasteiger partial charge in [-0.05, 0) is 12.5 Å². The first-order valence-electron chi connectivity index (χ1n) is 3.79. The fraction of sp³-hybridized carbons (Fsp3) is 0.200. The number of aromatic amines is 1. The van der Waals surface area contributed by atoms with E-state index >= 15 is 0 Å². The summed E-state index contributed by atoms with van der Waals surface area (Å²) in [6.07, 6.45) is 1.76. The van der Waals surface area contributed by atoms with Gasteiger partial charge in [-0.3, -0.25) is 4.79 Å². The molecule has 1 rings (SSSR count). The molecule has 0 saturated carbocycles. The van der Waals surface area contributed by atoms with E-state index in [-0.39, 0.29) is 12.0 Å². The zero-order chi connectivity index (χ0) is 9.68. The smallest absolute Gasteiger partial charge is 0.248 e. The molecule has 0 aliphatic heterocycles. The number of aromatic nitrogens is 1. The normalized spacial score (nSPS) is 8.31. The van der Waals surface area contributed by atoms with Crippen molar-refractivity contribution in [3.8, 4) is 17.9 Å². The average Bonchev–Trinajstić information content (AvgIpc) is 2.09. The van der Waals surface area contributed by atoms with Crippen molar-refractivity contribution in [2.24, 2.45) is 0 Å². The van der Waals surface area contributed by atoms with Gasteiger partial charge in [0, 0.05) is 17.8 Å². The molecule has 0 aliphatic carbocycles. The number of rotatable bonds is 0. The zero-order valence-electron chi connectivity index (χ0n) is 7.22. The number of pyridine rings is 1. The minimum Gasteiger partial charge on any atom is -0.328 e. The van der Waals surface area contributed by atoms with Crippen LogP contribution in [-0.2, 0) is 0 Å². The molecular weight excluding hydrogens is 164 g/mol. The van der Waals surface area contributed by atoms with Gasteiger partial charge in [0.05, 0.1) is 12.5 Å². The number of nitrogens with zero attached hydrogens (tertiary/aromatic N) is 1. The highest BCUT2D eigenvalue weighted by molar-refractivity contribution is 5.38. The summed E-state index contributed by atoms with van der Waals surface area (Å²) in [5.74, 6) is 5.48. The summed E-state index contributed by atoms with van der Waals surface area (Å²) in [5.41, 5.74) is 1.45. The van der Waals surface area contributed by atoms with Gasteiger partial charge in [0.1, 0.15) is 0 Å². The van der Waals surface area contributed by atoms with E-state index in [4.69, 9.17) is 5.26 Å². The van der Waals surface area contributed by atoms with E-state index in [0.717, 1.165) is 11.1 Å². The van der Waals surface area contributed by atoms with Crippen molar-refractivity contribution in [1.29, 1.82) is 5.26 Å². The summed E-state index contributed by atoms with van der Waals surface area (Å²) >= 11 is 0. The first-order valence-corrected chi connectivity index (χ1v) is 3.79. The maximum absolute atomic E-state index is 10.8. The van der Waals surface area contributed by atoms with Crippen molar-refractivity contribution in [2.75, 3.05) is 0 Å². The van der Waals surface area contributed by atoms with Crippen molar-refractivity contribution in [3.63, 3.8) is 0 Å². The lowest BCUT2D eigenvalue weighted by Crippen LogP contribution is -2.04. The lowest BCUT2D eigenvalue weighted by Gasteiger charge is -1.93. The highest BCUT2D eigenvalue weighted by Crippen LogP contribution is 1.99. The SMILES string of the molecule is Cc1cc(=O)[nH]cc1C#CCC#N. The number of nitrogens with one attached hydrogen (secondary N) is 1. The van der Waals surface area contributed by atoms with E-state index < -0.39 is 0 Å². The van der Waals surface area contributed by atoms with Crippen molar-refractivity contribution in [1.82, 2.24) is 4.98 Å². The summed E-state index contributed by atoms with van der Waals surface area (Å²) in [6.45, 7) is 1.81. The molecule has 1 heterocycles. The second-order valence-electron chi connectivity index (χ2n) is 2.53. The summed E-state index contributed by atoms with van der Waals surface area (Å²) in [5, 5.41) is 8.25. The van der Waals surface area contributed by atoms with Crippen LogP contribution >= 0.6 is 0 Å². The summed E-state index contributed by atoms with van der Waals surface area (Å²) < 4.78 is 0. The van der Waals surface area contributed by atoms with Crippen LogP contribution in [0.4, 0.5) is 0 Å². The molecule has 1 N–H and O–H groups in total. The van der Waals surface area contributed by atoms with Crippen LogP contribution in [0.5, 0.6) is 0 Å². The van der Waals surface area contributed by atoms with Gasteiger partial charge >= 0.3 is 0 Å². The lowest BCUT2D eigenvalue weighted by atomic mass is 10.2. The van der Waals surface area contributed by atoms with E-state index in [1.807, 2.05) is 13.0 Å². The molecule has 0 aliphatic rings. The molecule has 13 heavy (non-hydrogen) atoms. The number of nitriles is 1. The minimum absolute atomic E-state index is 0.136. The van der Waals surface area contributed by atoms with Crippen LogP contribution in [0.25, 0.3) is 0 Å². The van der Waals surface area contributed by atoms with Gasteiger partial charge in [-0.25, -0.2) is 0 Å². The molecule has 0 saturated heterocycles. The molecule has 64 valence electrons. The molecule has 1 aromatic rings. The largest absolute Gasteiger partial charge is 0.328 e. The van der Waals surface area contributed by atoms with E-state index in [2.05, 4.69) is 16.8 Å². The summed E-state index contributed by atoms with van der Waals surface area (Å²) in [7, 11) is 0. The standard InChI is InChI=1S/C10H8N2O/c1-8-6-10(13)12-7-9(8)4-2-3-5-11/h6-7H,3H2,1H3,(H,12,13). The van der Waals surface area contributed by atoms with Gasteiger partial charge in [-0.2, -0.15) is 5.26 Å². The van der Waals surface area contributed by atoms with Crippen LogP contribution in [0.2, 0.25) is 0 Å². The van der Waals surface area contributed by atoms with E-state index in [1.165, 1.54) is 6.07 Å². The monoisotopic (exact) mass is 172 g/mol. The predicted octanol–water partition coefficient (Wildman–Crippen LogP) is 0.948. The Hall–Kier alpha value is -2.00. The van der Waals surface area contributed by atoms with Crippen LogP contribution in [0.1, 0.15) is 17.5 Å². The highest BCUT2D eigenvalue weighted by Gasteiger charge is 1.93. The number of hydrogen-bond acceptors (Lipinski definition) is 2. The van der Waals surface area contributed by atoms with Gasteiger partial charge in [-0.15, -0.1) is 0 Å². The number of aryl methyl sites for hydroxylation is 1. The zero-order valence-corrected chi connectivity index (χ0v) is 7.22. The van der Waals surface area contributed by atoms with Crippen LogP contribution in [0, 0.1) is 30.1 Å². The maximum atomic E-state index is 10.8. The molecule has 0 spiro atoms. The van der Waals surface area contributed by atoms with Gasteiger partial charge in [0.2, 0.25) is 5.56 Å². The van der Waals surface area contributed by atoms with Crippen LogP contribution in [0.3, 0.4) is 0 Å². The molecule has 3 heteroatoms. The Morgan fingerprint density at radius 1 is 1.62 bits per heavy atom. The average molecular weight is 172 g/mol. The first kappa shape index (κ1) is 9.09. The molecule has 0 unspecified atom stereocenters. The van der Waals surface area contributed by atoms with Crippen molar-refractivity contribution >= 4 is 0 Å². The Balaban J connectivity index is 3.00. The quantitative estimate of drug-likeness (QED) is 0.592. The first-order chi connectivity index (χ1) is 6.24. The Morgan fingerprint density at radius 2 is 2.38 bits per heavy atom. The molecule has 0 atom stereocenters.